The molecule has 0 saturated carbocycles. The van der Waals surface area contributed by atoms with Gasteiger partial charge in [-0.15, -0.1) is 0 Å². The Labute approximate surface area is 309 Å². The second-order valence-corrected chi connectivity index (χ2v) is 13.5. The van der Waals surface area contributed by atoms with Crippen molar-refractivity contribution in [3.8, 4) is 23.0 Å². The summed E-state index contributed by atoms with van der Waals surface area (Å²) >= 11 is 8.25. The van der Waals surface area contributed by atoms with Crippen LogP contribution in [-0.4, -0.2) is 50.5 Å². The van der Waals surface area contributed by atoms with E-state index in [4.69, 9.17) is 23.7 Å². The smallest absolute Gasteiger partial charge is 0.343 e. The van der Waals surface area contributed by atoms with Crippen molar-refractivity contribution in [2.24, 2.45) is 4.99 Å². The molecule has 0 saturated heterocycles. The molecule has 11 nitrogen and oxygen atoms in total. The average Bonchev–Trinajstić information content (AvgIpc) is 3.40. The lowest BCUT2D eigenvalue weighted by atomic mass is 9.95. The first-order chi connectivity index (χ1) is 24.1. The van der Waals surface area contributed by atoms with E-state index in [-0.39, 0.29) is 24.3 Å². The summed E-state index contributed by atoms with van der Waals surface area (Å²) in [5.41, 5.74) is 2.49. The Morgan fingerprint density at radius 2 is 1.70 bits per heavy atom. The Balaban J connectivity index is 1.58. The number of benzene rings is 3. The molecule has 0 amide bonds. The average molecular weight is 831 g/mol. The molecule has 262 valence electrons. The number of aromatic nitrogens is 1. The van der Waals surface area contributed by atoms with Gasteiger partial charge in [0.1, 0.15) is 6.61 Å². The van der Waals surface area contributed by atoms with Crippen LogP contribution in [0.2, 0.25) is 0 Å². The fourth-order valence-electron chi connectivity index (χ4n) is 5.24. The number of methoxy groups -OCH3 is 2. The molecule has 0 radical (unpaired) electrons. The molecule has 2 heterocycles. The fourth-order valence-corrected chi connectivity index (χ4v) is 7.12. The minimum Gasteiger partial charge on any atom is -0.493 e. The number of fused-ring (bicyclic) bond motifs is 1. The number of esters is 2. The molecule has 1 aliphatic rings. The highest BCUT2D eigenvalue weighted by atomic mass is 79.9. The van der Waals surface area contributed by atoms with Crippen LogP contribution in [0.1, 0.15) is 43.5 Å². The topological polar surface area (TPSA) is 124 Å². The summed E-state index contributed by atoms with van der Waals surface area (Å²) in [6, 6.07) is 15.6. The van der Waals surface area contributed by atoms with E-state index in [2.05, 4.69) is 41.6 Å². The number of nitrogens with zero attached hydrogens (tertiary/aromatic N) is 2. The highest BCUT2D eigenvalue weighted by molar-refractivity contribution is 9.10. The lowest BCUT2D eigenvalue weighted by molar-refractivity contribution is -0.143. The molecular weight excluding hydrogens is 796 g/mol. The zero-order valence-electron chi connectivity index (χ0n) is 27.9. The maximum atomic E-state index is 14.2. The van der Waals surface area contributed by atoms with Crippen molar-refractivity contribution in [3.63, 3.8) is 0 Å². The van der Waals surface area contributed by atoms with Gasteiger partial charge in [0.15, 0.2) is 34.4 Å². The summed E-state index contributed by atoms with van der Waals surface area (Å²) < 4.78 is 36.9. The van der Waals surface area contributed by atoms with Crippen LogP contribution >= 0.6 is 43.2 Å². The molecular formula is C36H34Br2N2O9S. The third-order valence-corrected chi connectivity index (χ3v) is 9.62. The van der Waals surface area contributed by atoms with E-state index in [0.29, 0.717) is 66.8 Å². The van der Waals surface area contributed by atoms with Gasteiger partial charge in [0, 0.05) is 4.47 Å². The van der Waals surface area contributed by atoms with Crippen LogP contribution in [0, 0.1) is 0 Å². The molecule has 0 aliphatic carbocycles. The second kappa shape index (κ2) is 16.5. The predicted molar refractivity (Wildman–Crippen MR) is 195 cm³/mol. The minimum absolute atomic E-state index is 0.136. The lowest BCUT2D eigenvalue weighted by Gasteiger charge is -2.25. The van der Waals surface area contributed by atoms with Gasteiger partial charge in [-0.2, -0.15) is 0 Å². The molecule has 0 fully saturated rings. The molecule has 1 aromatic heterocycles. The number of hydrogen-bond acceptors (Lipinski definition) is 11. The molecule has 0 N–H and O–H groups in total. The van der Waals surface area contributed by atoms with E-state index in [1.165, 1.54) is 23.0 Å². The quantitative estimate of drug-likeness (QED) is 0.153. The van der Waals surface area contributed by atoms with Gasteiger partial charge in [-0.3, -0.25) is 9.36 Å². The van der Waals surface area contributed by atoms with Gasteiger partial charge in [-0.25, -0.2) is 14.6 Å². The number of carbonyl (C=O) groups is 2. The first-order valence-electron chi connectivity index (χ1n) is 15.5. The van der Waals surface area contributed by atoms with Crippen molar-refractivity contribution in [3.05, 3.63) is 111 Å². The van der Waals surface area contributed by atoms with Crippen molar-refractivity contribution in [1.29, 1.82) is 0 Å². The number of allylic oxidation sites excluding steroid dienone is 1. The van der Waals surface area contributed by atoms with E-state index in [1.807, 2.05) is 37.3 Å². The Morgan fingerprint density at radius 3 is 2.38 bits per heavy atom. The van der Waals surface area contributed by atoms with Crippen molar-refractivity contribution >= 4 is 61.2 Å². The summed E-state index contributed by atoms with van der Waals surface area (Å²) in [7, 11) is 2.82. The normalized spacial score (nSPS) is 14.1. The van der Waals surface area contributed by atoms with Crippen molar-refractivity contribution < 1.29 is 38.0 Å². The summed E-state index contributed by atoms with van der Waals surface area (Å²) in [6.45, 7) is 5.67. The zero-order valence-corrected chi connectivity index (χ0v) is 31.9. The molecule has 14 heteroatoms. The predicted octanol–water partition coefficient (Wildman–Crippen LogP) is 5.86. The van der Waals surface area contributed by atoms with Crippen LogP contribution in [0.3, 0.4) is 0 Å². The van der Waals surface area contributed by atoms with Gasteiger partial charge in [-0.1, -0.05) is 45.5 Å². The highest BCUT2D eigenvalue weighted by Gasteiger charge is 2.34. The Morgan fingerprint density at radius 1 is 0.940 bits per heavy atom. The summed E-state index contributed by atoms with van der Waals surface area (Å²) in [6.07, 6.45) is 1.74. The van der Waals surface area contributed by atoms with Crippen LogP contribution in [0.5, 0.6) is 23.0 Å². The number of carbonyl (C=O) groups excluding carboxylic acids is 2. The van der Waals surface area contributed by atoms with Crippen molar-refractivity contribution in [2.45, 2.75) is 33.4 Å². The third kappa shape index (κ3) is 8.14. The Hall–Kier alpha value is -4.40. The molecule has 1 aliphatic heterocycles. The number of ether oxygens (including phenoxy) is 6. The monoisotopic (exact) mass is 828 g/mol. The van der Waals surface area contributed by atoms with Crippen molar-refractivity contribution in [1.82, 2.24) is 4.57 Å². The standard InChI is InChI=1S/C36H34Br2N2O9S/c1-6-46-27-17-23(10-13-26(27)48-19-30(41)45-5)32-31(35(43)47-7-2)20(3)39-36-40(32)34(42)29(50-36)16-22-14-25(38)33(28(15-22)44-4)49-18-21-8-11-24(37)12-9-21/h8-17,32H,6-7,18-19H2,1-5H3/b29-16-/t32-/m0/s1. The van der Waals surface area contributed by atoms with Gasteiger partial charge >= 0.3 is 11.9 Å². The largest absolute Gasteiger partial charge is 0.493 e. The van der Waals surface area contributed by atoms with Gasteiger partial charge in [0.25, 0.3) is 5.56 Å². The maximum absolute atomic E-state index is 14.2. The number of halogens is 2. The van der Waals surface area contributed by atoms with E-state index in [9.17, 15) is 14.4 Å². The van der Waals surface area contributed by atoms with Gasteiger partial charge in [-0.05, 0) is 95.9 Å². The molecule has 0 bridgehead atoms. The maximum Gasteiger partial charge on any atom is 0.343 e. The Kier molecular flexibility index (Phi) is 12.2. The van der Waals surface area contributed by atoms with Crippen LogP contribution in [0.15, 0.2) is 84.6 Å². The second-order valence-electron chi connectivity index (χ2n) is 10.8. The number of hydrogen-bond donors (Lipinski definition) is 0. The van der Waals surface area contributed by atoms with Gasteiger partial charge in [0.2, 0.25) is 0 Å². The van der Waals surface area contributed by atoms with E-state index in [0.717, 1.165) is 10.0 Å². The first-order valence-corrected chi connectivity index (χ1v) is 17.9. The lowest BCUT2D eigenvalue weighted by Crippen LogP contribution is -2.40. The molecule has 0 spiro atoms. The molecule has 1 atom stereocenters. The fraction of sp³-hybridized carbons (Fsp3) is 0.278. The van der Waals surface area contributed by atoms with Gasteiger partial charge in [0.05, 0.1) is 53.8 Å². The van der Waals surface area contributed by atoms with Crippen LogP contribution in [-0.2, 0) is 25.7 Å². The van der Waals surface area contributed by atoms with Crippen LogP contribution < -0.4 is 33.8 Å². The van der Waals surface area contributed by atoms with E-state index < -0.39 is 18.0 Å². The summed E-state index contributed by atoms with van der Waals surface area (Å²) in [4.78, 5) is 44.4. The molecule has 4 aromatic rings. The molecule has 5 rings (SSSR count). The molecule has 0 unspecified atom stereocenters. The molecule has 3 aromatic carbocycles. The van der Waals surface area contributed by atoms with E-state index in [1.54, 1.807) is 51.3 Å². The highest BCUT2D eigenvalue weighted by Crippen LogP contribution is 2.38. The first kappa shape index (κ1) is 36.9. The third-order valence-electron chi connectivity index (χ3n) is 7.52. The Bertz CT molecular complexity index is 2120. The summed E-state index contributed by atoms with van der Waals surface area (Å²) in [5.74, 6) is 0.479. The zero-order chi connectivity index (χ0) is 35.9. The van der Waals surface area contributed by atoms with Gasteiger partial charge < -0.3 is 28.4 Å². The van der Waals surface area contributed by atoms with Crippen molar-refractivity contribution in [2.75, 3.05) is 34.0 Å². The SMILES string of the molecule is CCOC(=O)C1=C(C)N=c2s/c(=C\c3cc(Br)c(OCc4ccc(Br)cc4)c(OC)c3)c(=O)n2[C@H]1c1ccc(OCC(=O)OC)c(OCC)c1. The van der Waals surface area contributed by atoms with Crippen LogP contribution in [0.4, 0.5) is 0 Å². The van der Waals surface area contributed by atoms with E-state index >= 15 is 0 Å². The minimum atomic E-state index is -0.892. The van der Waals surface area contributed by atoms with Crippen LogP contribution in [0.25, 0.3) is 6.08 Å². The summed E-state index contributed by atoms with van der Waals surface area (Å²) in [5, 5.41) is 0. The number of thiazole rings is 1. The molecule has 50 heavy (non-hydrogen) atoms. The number of rotatable bonds is 13.